The van der Waals surface area contributed by atoms with E-state index in [4.69, 9.17) is 0 Å². The van der Waals surface area contributed by atoms with Gasteiger partial charge in [0.25, 0.3) is 5.95 Å². The van der Waals surface area contributed by atoms with Gasteiger partial charge in [0.15, 0.2) is 0 Å². The van der Waals surface area contributed by atoms with Crippen molar-refractivity contribution in [3.8, 4) is 0 Å². The Morgan fingerprint density at radius 1 is 0.893 bits per heavy atom. The van der Waals surface area contributed by atoms with Gasteiger partial charge >= 0.3 is 29.6 Å². The molecule has 0 saturated carbocycles. The number of aliphatic hydroxyl groups is 4. The molecule has 1 rings (SSSR count). The third kappa shape index (κ3) is 10.2. The number of hydrogen-bond acceptors (Lipinski definition) is 14. The predicted molar refractivity (Wildman–Crippen MR) is 95.4 cm³/mol. The van der Waals surface area contributed by atoms with E-state index in [1.165, 1.54) is 6.21 Å². The number of rotatable bonds is 15. The van der Waals surface area contributed by atoms with E-state index in [1.54, 1.807) is 9.80 Å². The minimum Gasteiger partial charge on any atom is -0.691 e. The molecule has 0 aliphatic rings. The minimum absolute atomic E-state index is 0. The SMILES string of the molecule is [Na+].[O-]OOSC/C=N/c1nc(N(CCO)CCO)nc(N(CCO)CCO)n1. The van der Waals surface area contributed by atoms with Crippen molar-refractivity contribution >= 4 is 36.1 Å². The van der Waals surface area contributed by atoms with Gasteiger partial charge in [-0.25, -0.2) is 4.99 Å². The van der Waals surface area contributed by atoms with Gasteiger partial charge in [0.05, 0.1) is 32.2 Å². The van der Waals surface area contributed by atoms with Crippen molar-refractivity contribution in [1.29, 1.82) is 0 Å². The molecule has 0 aromatic carbocycles. The molecule has 0 fully saturated rings. The summed E-state index contributed by atoms with van der Waals surface area (Å²) in [7, 11) is 0. The monoisotopic (exact) mass is 430 g/mol. The van der Waals surface area contributed by atoms with Crippen molar-refractivity contribution in [2.24, 2.45) is 4.99 Å². The molecule has 0 unspecified atom stereocenters. The van der Waals surface area contributed by atoms with Gasteiger partial charge in [-0.3, -0.25) is 5.04 Å². The molecule has 13 nitrogen and oxygen atoms in total. The fourth-order valence-corrected chi connectivity index (χ4v) is 2.22. The zero-order chi connectivity index (χ0) is 19.9. The third-order valence-corrected chi connectivity index (χ3v) is 3.51. The molecular weight excluding hydrogens is 407 g/mol. The Labute approximate surface area is 188 Å². The summed E-state index contributed by atoms with van der Waals surface area (Å²) in [5.74, 6) is 0.554. The van der Waals surface area contributed by atoms with Crippen molar-refractivity contribution in [2.45, 2.75) is 0 Å². The maximum Gasteiger partial charge on any atom is 1.00 e. The zero-order valence-corrected chi connectivity index (χ0v) is 18.4. The Bertz CT molecular complexity index is 516. The first-order valence-corrected chi connectivity index (χ1v) is 8.91. The van der Waals surface area contributed by atoms with E-state index >= 15 is 0 Å². The van der Waals surface area contributed by atoms with E-state index in [0.29, 0.717) is 0 Å². The maximum absolute atomic E-state index is 9.74. The standard InChI is InChI=1S/C13H24N6O7S.Na/c20-6-2-18(3-7-21)12-15-11(14-1-10-27-26-25-24)16-13(17-12)19(4-8-22)5-9-23;/h1,20-24H,2-10H2;/q;+1/p-1/b14-1+;. The van der Waals surface area contributed by atoms with E-state index in [0.717, 1.165) is 12.0 Å². The van der Waals surface area contributed by atoms with Crippen LogP contribution in [0.4, 0.5) is 17.8 Å². The number of hydrogen-bond donors (Lipinski definition) is 4. The second-order valence-corrected chi connectivity index (χ2v) is 5.54. The summed E-state index contributed by atoms with van der Waals surface area (Å²) >= 11 is 0.718. The minimum atomic E-state index is -0.181. The topological polar surface area (TPSA) is 180 Å². The van der Waals surface area contributed by atoms with Crippen molar-refractivity contribution in [2.75, 3.05) is 68.2 Å². The average Bonchev–Trinajstić information content (AvgIpc) is 2.67. The van der Waals surface area contributed by atoms with Crippen molar-refractivity contribution in [3.63, 3.8) is 0 Å². The van der Waals surface area contributed by atoms with Gasteiger partial charge in [-0.1, -0.05) is 0 Å². The first kappa shape index (κ1) is 27.4. The molecule has 0 aliphatic carbocycles. The van der Waals surface area contributed by atoms with Crippen LogP contribution in [0.15, 0.2) is 4.99 Å². The number of aliphatic imine (C=N–C) groups is 1. The molecule has 154 valence electrons. The van der Waals surface area contributed by atoms with Crippen LogP contribution in [0.3, 0.4) is 0 Å². The van der Waals surface area contributed by atoms with Crippen molar-refractivity contribution < 1.29 is 64.6 Å². The van der Waals surface area contributed by atoms with E-state index < -0.39 is 0 Å². The van der Waals surface area contributed by atoms with E-state index in [1.807, 2.05) is 0 Å². The van der Waals surface area contributed by atoms with E-state index in [-0.39, 0.29) is 106 Å². The molecule has 1 aromatic rings. The fourth-order valence-electron chi connectivity index (χ4n) is 1.99. The Morgan fingerprint density at radius 3 is 1.75 bits per heavy atom. The molecule has 1 heterocycles. The summed E-state index contributed by atoms with van der Waals surface area (Å²) in [6.45, 7) is -0.00998. The first-order valence-electron chi connectivity index (χ1n) is 8.00. The Kier molecular flexibility index (Phi) is 16.8. The summed E-state index contributed by atoms with van der Waals surface area (Å²) < 4.78 is 4.11. The molecule has 0 spiro atoms. The van der Waals surface area contributed by atoms with Gasteiger partial charge in [-0.2, -0.15) is 19.3 Å². The smallest absolute Gasteiger partial charge is 0.691 e. The Hall–Kier alpha value is -0.650. The molecule has 0 bridgehead atoms. The van der Waals surface area contributed by atoms with Crippen LogP contribution in [0, 0.1) is 0 Å². The van der Waals surface area contributed by atoms with Gasteiger partial charge in [-0.15, -0.1) is 0 Å². The number of aliphatic hydroxyl groups excluding tert-OH is 4. The molecule has 15 heteroatoms. The molecule has 4 N–H and O–H groups in total. The predicted octanol–water partition coefficient (Wildman–Crippen LogP) is -5.97. The van der Waals surface area contributed by atoms with Crippen LogP contribution in [0.1, 0.15) is 0 Å². The maximum atomic E-state index is 9.74. The molecule has 0 amide bonds. The molecular formula is C13H23N6NaO7S. The summed E-state index contributed by atoms with van der Waals surface area (Å²) in [6, 6.07) is 0. The van der Waals surface area contributed by atoms with Crippen molar-refractivity contribution in [1.82, 2.24) is 15.0 Å². The Balaban J connectivity index is 0.00000729. The average molecular weight is 430 g/mol. The van der Waals surface area contributed by atoms with Crippen LogP contribution in [-0.4, -0.2) is 100.0 Å². The second-order valence-electron chi connectivity index (χ2n) is 4.84. The fraction of sp³-hybridized carbons (Fsp3) is 0.692. The van der Waals surface area contributed by atoms with Gasteiger partial charge < -0.3 is 35.5 Å². The number of anilines is 2. The molecule has 0 aliphatic heterocycles. The largest absolute Gasteiger partial charge is 1.00 e. The van der Waals surface area contributed by atoms with Crippen molar-refractivity contribution in [3.05, 3.63) is 0 Å². The molecule has 1 aromatic heterocycles. The second kappa shape index (κ2) is 17.2. The number of nitrogens with zero attached hydrogens (tertiary/aromatic N) is 6. The quantitative estimate of drug-likeness (QED) is 0.0516. The van der Waals surface area contributed by atoms with Crippen LogP contribution in [0.2, 0.25) is 0 Å². The third-order valence-electron chi connectivity index (χ3n) is 3.07. The van der Waals surface area contributed by atoms with Gasteiger partial charge in [0, 0.05) is 44.4 Å². The molecule has 28 heavy (non-hydrogen) atoms. The number of aromatic nitrogens is 3. The summed E-state index contributed by atoms with van der Waals surface area (Å²) in [5.41, 5.74) is 0. The van der Waals surface area contributed by atoms with Crippen LogP contribution >= 0.6 is 12.0 Å². The van der Waals surface area contributed by atoms with Gasteiger partial charge in [0.2, 0.25) is 11.9 Å². The van der Waals surface area contributed by atoms with E-state index in [2.05, 4.69) is 29.3 Å². The Morgan fingerprint density at radius 2 is 1.36 bits per heavy atom. The van der Waals surface area contributed by atoms with E-state index in [9.17, 15) is 25.7 Å². The van der Waals surface area contributed by atoms with Gasteiger partial charge in [-0.05, 0) is 0 Å². The van der Waals surface area contributed by atoms with Crippen LogP contribution in [0.5, 0.6) is 0 Å². The molecule has 0 atom stereocenters. The van der Waals surface area contributed by atoms with Crippen LogP contribution < -0.4 is 44.6 Å². The molecule has 0 saturated heterocycles. The zero-order valence-electron chi connectivity index (χ0n) is 15.5. The summed E-state index contributed by atoms with van der Waals surface area (Å²) in [5, 5.41) is 49.8. The molecule has 0 radical (unpaired) electrons. The summed E-state index contributed by atoms with van der Waals surface area (Å²) in [6.07, 6.45) is 1.39. The summed E-state index contributed by atoms with van der Waals surface area (Å²) in [4.78, 5) is 19.8. The van der Waals surface area contributed by atoms with Gasteiger partial charge in [0.1, 0.15) is 0 Å². The normalized spacial score (nSPS) is 10.9. The van der Waals surface area contributed by atoms with Crippen LogP contribution in [-0.2, 0) is 9.37 Å². The van der Waals surface area contributed by atoms with Crippen LogP contribution in [0.25, 0.3) is 0 Å². The first-order chi connectivity index (χ1) is 13.2.